The zero-order valence-electron chi connectivity index (χ0n) is 12.6. The summed E-state index contributed by atoms with van der Waals surface area (Å²) < 4.78 is 128. The highest BCUT2D eigenvalue weighted by Crippen LogP contribution is 2.48. The van der Waals surface area contributed by atoms with Gasteiger partial charge in [-0.15, -0.1) is 0 Å². The molecular formula is C12H4Cl2F6O6S2. The van der Waals surface area contributed by atoms with Crippen LogP contribution < -0.4 is 8.37 Å². The summed E-state index contributed by atoms with van der Waals surface area (Å²) in [7, 11) is -12.5. The average molecular weight is 493 g/mol. The Kier molecular flexibility index (Phi) is 5.66. The first-order chi connectivity index (χ1) is 12.5. The average Bonchev–Trinajstić information content (AvgIpc) is 2.53. The summed E-state index contributed by atoms with van der Waals surface area (Å²) >= 11 is 11.3. The normalized spacial score (nSPS) is 13.6. The molecule has 156 valence electrons. The number of rotatable bonds is 4. The third-order valence-corrected chi connectivity index (χ3v) is 5.68. The van der Waals surface area contributed by atoms with Crippen LogP contribution in [0.1, 0.15) is 0 Å². The first-order valence-electron chi connectivity index (χ1n) is 6.41. The molecule has 0 heterocycles. The molecule has 0 N–H and O–H groups in total. The Balaban J connectivity index is 2.79. The molecule has 2 rings (SSSR count). The lowest BCUT2D eigenvalue weighted by molar-refractivity contribution is -0.0505. The number of hydrogen-bond acceptors (Lipinski definition) is 6. The second kappa shape index (κ2) is 7.00. The van der Waals surface area contributed by atoms with Gasteiger partial charge in [-0.05, 0) is 0 Å². The van der Waals surface area contributed by atoms with Gasteiger partial charge in [0, 0.05) is 10.8 Å². The largest absolute Gasteiger partial charge is 0.534 e. The van der Waals surface area contributed by atoms with E-state index in [0.29, 0.717) is 0 Å². The molecule has 0 amide bonds. The van der Waals surface area contributed by atoms with Crippen LogP contribution in [0, 0.1) is 0 Å². The van der Waals surface area contributed by atoms with Crippen LogP contribution in [0.2, 0.25) is 10.0 Å². The van der Waals surface area contributed by atoms with Gasteiger partial charge in [-0.3, -0.25) is 0 Å². The van der Waals surface area contributed by atoms with Crippen molar-refractivity contribution in [2.75, 3.05) is 0 Å². The van der Waals surface area contributed by atoms with E-state index in [1.807, 2.05) is 0 Å². The van der Waals surface area contributed by atoms with Gasteiger partial charge in [0.25, 0.3) is 0 Å². The lowest BCUT2D eigenvalue weighted by atomic mass is 10.1. The fraction of sp³-hybridized carbons (Fsp3) is 0.167. The van der Waals surface area contributed by atoms with Gasteiger partial charge >= 0.3 is 31.3 Å². The molecule has 0 saturated heterocycles. The number of benzene rings is 2. The second-order valence-corrected chi connectivity index (χ2v) is 8.63. The highest BCUT2D eigenvalue weighted by Gasteiger charge is 2.50. The van der Waals surface area contributed by atoms with Crippen LogP contribution in [0.5, 0.6) is 11.5 Å². The number of hydrogen-bond donors (Lipinski definition) is 0. The third kappa shape index (κ3) is 4.04. The van der Waals surface area contributed by atoms with Crippen molar-refractivity contribution in [3.05, 3.63) is 34.3 Å². The molecule has 2 aromatic carbocycles. The van der Waals surface area contributed by atoms with Crippen LogP contribution in [0.3, 0.4) is 0 Å². The summed E-state index contributed by atoms with van der Waals surface area (Å²) in [6, 6.07) is 4.04. The molecule has 6 nitrogen and oxygen atoms in total. The minimum Gasteiger partial charge on any atom is -0.374 e. The lowest BCUT2D eigenvalue weighted by Crippen LogP contribution is -2.29. The summed E-state index contributed by atoms with van der Waals surface area (Å²) in [6.45, 7) is 0. The fourth-order valence-electron chi connectivity index (χ4n) is 1.79. The molecule has 0 aliphatic rings. The van der Waals surface area contributed by atoms with Crippen LogP contribution >= 0.6 is 23.2 Å². The maximum atomic E-state index is 12.6. The molecule has 0 aromatic heterocycles. The highest BCUT2D eigenvalue weighted by molar-refractivity contribution is 7.88. The zero-order chi connectivity index (χ0) is 21.7. The summed E-state index contributed by atoms with van der Waals surface area (Å²) in [4.78, 5) is 0. The summed E-state index contributed by atoms with van der Waals surface area (Å²) in [5.74, 6) is -2.37. The molecule has 28 heavy (non-hydrogen) atoms. The van der Waals surface area contributed by atoms with Crippen LogP contribution in [0.4, 0.5) is 26.3 Å². The Morgan fingerprint density at radius 3 is 1.21 bits per heavy atom. The molecular weight excluding hydrogens is 489 g/mol. The predicted octanol–water partition coefficient (Wildman–Crippen LogP) is 4.60. The quantitative estimate of drug-likeness (QED) is 0.352. The SMILES string of the molecule is O=S(=O)(Oc1c(Cl)c(Cl)c(OS(=O)(=O)C(F)(F)F)c2ccccc12)C(F)(F)F. The van der Waals surface area contributed by atoms with Gasteiger partial charge in [0.15, 0.2) is 11.5 Å². The topological polar surface area (TPSA) is 86.7 Å². The zero-order valence-corrected chi connectivity index (χ0v) is 15.7. The van der Waals surface area contributed by atoms with Crippen molar-refractivity contribution in [3.63, 3.8) is 0 Å². The van der Waals surface area contributed by atoms with Crippen molar-refractivity contribution >= 4 is 54.2 Å². The molecule has 0 saturated carbocycles. The van der Waals surface area contributed by atoms with E-state index in [1.165, 1.54) is 0 Å². The Morgan fingerprint density at radius 1 is 0.679 bits per heavy atom. The monoisotopic (exact) mass is 492 g/mol. The van der Waals surface area contributed by atoms with Gasteiger partial charge in [0.05, 0.1) is 0 Å². The molecule has 0 fully saturated rings. The van der Waals surface area contributed by atoms with Gasteiger partial charge in [0.1, 0.15) is 10.0 Å². The lowest BCUT2D eigenvalue weighted by Gasteiger charge is -2.17. The molecule has 0 unspecified atom stereocenters. The van der Waals surface area contributed by atoms with Crippen molar-refractivity contribution in [2.24, 2.45) is 0 Å². The maximum absolute atomic E-state index is 12.6. The van der Waals surface area contributed by atoms with Crippen molar-refractivity contribution in [2.45, 2.75) is 11.0 Å². The van der Waals surface area contributed by atoms with Crippen LogP contribution in [0.25, 0.3) is 10.8 Å². The third-order valence-electron chi connectivity index (χ3n) is 2.96. The first-order valence-corrected chi connectivity index (χ1v) is 9.98. The summed E-state index contributed by atoms with van der Waals surface area (Å²) in [6.07, 6.45) is 0. The van der Waals surface area contributed by atoms with Crippen molar-refractivity contribution in [1.29, 1.82) is 0 Å². The standard InChI is InChI=1S/C12H4Cl2F6O6S2/c13-7-8(14)10(26-28(23,24)12(18,19)20)6-4-2-1-3-5(6)9(7)25-27(21,22)11(15,16)17/h1-4H. The van der Waals surface area contributed by atoms with E-state index in [9.17, 15) is 43.2 Å². The molecule has 16 heteroatoms. The minimum atomic E-state index is -6.23. The number of halogens is 8. The summed E-state index contributed by atoms with van der Waals surface area (Å²) in [5.41, 5.74) is -11.7. The van der Waals surface area contributed by atoms with Gasteiger partial charge < -0.3 is 8.37 Å². The van der Waals surface area contributed by atoms with E-state index >= 15 is 0 Å². The Labute approximate surface area is 162 Å². The Morgan fingerprint density at radius 2 is 0.964 bits per heavy atom. The highest BCUT2D eigenvalue weighted by atomic mass is 35.5. The van der Waals surface area contributed by atoms with Gasteiger partial charge in [-0.2, -0.15) is 43.2 Å². The first kappa shape index (κ1) is 22.6. The van der Waals surface area contributed by atoms with E-state index in [0.717, 1.165) is 24.3 Å². The predicted molar refractivity (Wildman–Crippen MR) is 85.2 cm³/mol. The van der Waals surface area contributed by atoms with Crippen molar-refractivity contribution < 1.29 is 51.5 Å². The van der Waals surface area contributed by atoms with Crippen molar-refractivity contribution in [1.82, 2.24) is 0 Å². The maximum Gasteiger partial charge on any atom is 0.534 e. The number of fused-ring (bicyclic) bond motifs is 1. The minimum absolute atomic E-state index is 0.614. The molecule has 0 aliphatic heterocycles. The van der Waals surface area contributed by atoms with Crippen LogP contribution in [-0.2, 0) is 20.2 Å². The van der Waals surface area contributed by atoms with E-state index in [-0.39, 0.29) is 0 Å². The van der Waals surface area contributed by atoms with Crippen LogP contribution in [0.15, 0.2) is 24.3 Å². The van der Waals surface area contributed by atoms with Crippen LogP contribution in [-0.4, -0.2) is 27.9 Å². The Hall–Kier alpha value is -1.64. The molecule has 0 bridgehead atoms. The van der Waals surface area contributed by atoms with E-state index in [4.69, 9.17) is 23.2 Å². The molecule has 0 aliphatic carbocycles. The van der Waals surface area contributed by atoms with Gasteiger partial charge in [-0.1, -0.05) is 47.5 Å². The molecule has 0 radical (unpaired) electrons. The molecule has 2 aromatic rings. The number of alkyl halides is 6. The fourth-order valence-corrected chi connectivity index (χ4v) is 3.31. The van der Waals surface area contributed by atoms with Crippen molar-refractivity contribution in [3.8, 4) is 11.5 Å². The van der Waals surface area contributed by atoms with E-state index < -0.39 is 63.6 Å². The molecule has 0 atom stereocenters. The van der Waals surface area contributed by atoms with Gasteiger partial charge in [-0.25, -0.2) is 0 Å². The Bertz CT molecular complexity index is 1050. The molecule has 0 spiro atoms. The van der Waals surface area contributed by atoms with Gasteiger partial charge in [0.2, 0.25) is 0 Å². The smallest absolute Gasteiger partial charge is 0.374 e. The second-order valence-electron chi connectivity index (χ2n) is 4.80. The van der Waals surface area contributed by atoms with E-state index in [2.05, 4.69) is 8.37 Å². The summed E-state index contributed by atoms with van der Waals surface area (Å²) in [5, 5.41) is -3.48. The van der Waals surface area contributed by atoms with E-state index in [1.54, 1.807) is 0 Å².